The molecule has 5 heteroatoms. The van der Waals surface area contributed by atoms with E-state index in [1.807, 2.05) is 7.05 Å². The number of aromatic nitrogens is 4. The zero-order valence-electron chi connectivity index (χ0n) is 12.5. The molecule has 1 atom stereocenters. The highest BCUT2D eigenvalue weighted by Crippen LogP contribution is 2.39. The van der Waals surface area contributed by atoms with E-state index < -0.39 is 0 Å². The van der Waals surface area contributed by atoms with Gasteiger partial charge in [0.25, 0.3) is 0 Å². The van der Waals surface area contributed by atoms with Crippen LogP contribution in [0.15, 0.2) is 0 Å². The molecule has 108 valence electrons. The van der Waals surface area contributed by atoms with Crippen LogP contribution in [0.2, 0.25) is 0 Å². The van der Waals surface area contributed by atoms with Gasteiger partial charge in [-0.05, 0) is 36.4 Å². The van der Waals surface area contributed by atoms with Crippen molar-refractivity contribution in [2.45, 2.75) is 64.8 Å². The SMILES string of the molecule is CCCNC(Cc1nnn(C)n1)C1(C)CCCCC1. The standard InChI is InChI=1S/C14H27N5/c1-4-10-15-12(11-13-16-18-19(3)17-13)14(2)8-6-5-7-9-14/h12,15H,4-11H2,1-3H3. The lowest BCUT2D eigenvalue weighted by Gasteiger charge is -2.41. The van der Waals surface area contributed by atoms with E-state index >= 15 is 0 Å². The Hall–Kier alpha value is -0.970. The molecule has 1 aliphatic carbocycles. The summed E-state index contributed by atoms with van der Waals surface area (Å²) in [5.74, 6) is 0.864. The molecule has 1 heterocycles. The largest absolute Gasteiger partial charge is 0.313 e. The lowest BCUT2D eigenvalue weighted by Crippen LogP contribution is -2.46. The molecule has 1 aromatic rings. The summed E-state index contributed by atoms with van der Waals surface area (Å²) in [6.45, 7) is 5.71. The van der Waals surface area contributed by atoms with E-state index in [9.17, 15) is 0 Å². The molecular formula is C14H27N5. The molecule has 1 N–H and O–H groups in total. The van der Waals surface area contributed by atoms with Crippen molar-refractivity contribution in [3.8, 4) is 0 Å². The van der Waals surface area contributed by atoms with Crippen molar-refractivity contribution in [3.63, 3.8) is 0 Å². The number of tetrazole rings is 1. The Labute approximate surface area is 116 Å². The monoisotopic (exact) mass is 265 g/mol. The summed E-state index contributed by atoms with van der Waals surface area (Å²) in [6, 6.07) is 0.469. The Balaban J connectivity index is 2.05. The lowest BCUT2D eigenvalue weighted by molar-refractivity contribution is 0.142. The molecule has 0 amide bonds. The molecule has 1 unspecified atom stereocenters. The van der Waals surface area contributed by atoms with Gasteiger partial charge in [-0.25, -0.2) is 0 Å². The molecule has 0 spiro atoms. The van der Waals surface area contributed by atoms with Crippen molar-refractivity contribution < 1.29 is 0 Å². The maximum atomic E-state index is 4.34. The van der Waals surface area contributed by atoms with Gasteiger partial charge in [0.1, 0.15) is 0 Å². The summed E-state index contributed by atoms with van der Waals surface area (Å²) >= 11 is 0. The van der Waals surface area contributed by atoms with E-state index in [1.165, 1.54) is 38.5 Å². The lowest BCUT2D eigenvalue weighted by atomic mass is 9.69. The molecule has 2 rings (SSSR count). The van der Waals surface area contributed by atoms with Gasteiger partial charge >= 0.3 is 0 Å². The summed E-state index contributed by atoms with van der Waals surface area (Å²) in [4.78, 5) is 1.55. The van der Waals surface area contributed by atoms with Crippen LogP contribution in [0.1, 0.15) is 58.2 Å². The zero-order chi connectivity index (χ0) is 13.7. The van der Waals surface area contributed by atoms with E-state index in [2.05, 4.69) is 34.6 Å². The molecule has 1 saturated carbocycles. The van der Waals surface area contributed by atoms with Gasteiger partial charge in [-0.15, -0.1) is 10.2 Å². The topological polar surface area (TPSA) is 55.6 Å². The summed E-state index contributed by atoms with van der Waals surface area (Å²) in [7, 11) is 1.83. The van der Waals surface area contributed by atoms with Crippen LogP contribution < -0.4 is 5.32 Å². The third-order valence-corrected chi connectivity index (χ3v) is 4.41. The van der Waals surface area contributed by atoms with E-state index in [1.54, 1.807) is 4.80 Å². The molecule has 5 nitrogen and oxygen atoms in total. The Morgan fingerprint density at radius 3 is 2.63 bits per heavy atom. The van der Waals surface area contributed by atoms with E-state index in [4.69, 9.17) is 0 Å². The number of hydrogen-bond donors (Lipinski definition) is 1. The van der Waals surface area contributed by atoms with Crippen molar-refractivity contribution in [2.24, 2.45) is 12.5 Å². The second-order valence-electron chi connectivity index (χ2n) is 6.12. The quantitative estimate of drug-likeness (QED) is 0.855. The number of rotatable bonds is 6. The average molecular weight is 265 g/mol. The van der Waals surface area contributed by atoms with Gasteiger partial charge in [0.2, 0.25) is 0 Å². The minimum atomic E-state index is 0.382. The molecule has 1 fully saturated rings. The molecule has 0 saturated heterocycles. The van der Waals surface area contributed by atoms with Crippen LogP contribution in [0.5, 0.6) is 0 Å². The number of hydrogen-bond acceptors (Lipinski definition) is 4. The van der Waals surface area contributed by atoms with Crippen LogP contribution in [-0.2, 0) is 13.5 Å². The highest BCUT2D eigenvalue weighted by Gasteiger charge is 2.35. The Kier molecular flexibility index (Phi) is 4.91. The Morgan fingerprint density at radius 2 is 2.05 bits per heavy atom. The second kappa shape index (κ2) is 6.46. The number of aryl methyl sites for hydroxylation is 1. The van der Waals surface area contributed by atoms with Gasteiger partial charge < -0.3 is 5.32 Å². The van der Waals surface area contributed by atoms with Crippen molar-refractivity contribution in [3.05, 3.63) is 5.82 Å². The third-order valence-electron chi connectivity index (χ3n) is 4.41. The highest BCUT2D eigenvalue weighted by atomic mass is 15.6. The summed E-state index contributed by atoms with van der Waals surface area (Å²) < 4.78 is 0. The predicted molar refractivity (Wildman–Crippen MR) is 75.8 cm³/mol. The zero-order valence-corrected chi connectivity index (χ0v) is 12.5. The maximum absolute atomic E-state index is 4.34. The fourth-order valence-corrected chi connectivity index (χ4v) is 3.18. The van der Waals surface area contributed by atoms with Crippen LogP contribution in [0.25, 0.3) is 0 Å². The number of nitrogens with one attached hydrogen (secondary N) is 1. The molecule has 19 heavy (non-hydrogen) atoms. The molecule has 0 aromatic carbocycles. The minimum Gasteiger partial charge on any atom is -0.313 e. The van der Waals surface area contributed by atoms with Crippen LogP contribution >= 0.6 is 0 Å². The molecule has 1 aromatic heterocycles. The molecule has 1 aliphatic rings. The van der Waals surface area contributed by atoms with Crippen molar-refractivity contribution in [2.75, 3.05) is 6.54 Å². The number of nitrogens with zero attached hydrogens (tertiary/aromatic N) is 4. The molecule has 0 aliphatic heterocycles. The smallest absolute Gasteiger partial charge is 0.176 e. The van der Waals surface area contributed by atoms with Gasteiger partial charge in [-0.1, -0.05) is 33.1 Å². The summed E-state index contributed by atoms with van der Waals surface area (Å²) in [5, 5.41) is 16.2. The van der Waals surface area contributed by atoms with E-state index in [0.29, 0.717) is 11.5 Å². The average Bonchev–Trinajstić information content (AvgIpc) is 2.81. The fourth-order valence-electron chi connectivity index (χ4n) is 3.18. The van der Waals surface area contributed by atoms with Crippen molar-refractivity contribution >= 4 is 0 Å². The first-order valence-electron chi connectivity index (χ1n) is 7.60. The van der Waals surface area contributed by atoms with Gasteiger partial charge in [-0.3, -0.25) is 0 Å². The minimum absolute atomic E-state index is 0.382. The first-order chi connectivity index (χ1) is 9.14. The third kappa shape index (κ3) is 3.75. The van der Waals surface area contributed by atoms with Crippen LogP contribution in [-0.4, -0.2) is 32.8 Å². The fraction of sp³-hybridized carbons (Fsp3) is 0.929. The Morgan fingerprint density at radius 1 is 1.32 bits per heavy atom. The first kappa shape index (κ1) is 14.4. The van der Waals surface area contributed by atoms with Gasteiger partial charge in [-0.2, -0.15) is 4.80 Å². The molecular weight excluding hydrogens is 238 g/mol. The Bertz CT molecular complexity index is 381. The first-order valence-corrected chi connectivity index (χ1v) is 7.60. The van der Waals surface area contributed by atoms with Gasteiger partial charge in [0.05, 0.1) is 7.05 Å². The van der Waals surface area contributed by atoms with Crippen LogP contribution in [0.3, 0.4) is 0 Å². The van der Waals surface area contributed by atoms with E-state index in [-0.39, 0.29) is 0 Å². The van der Waals surface area contributed by atoms with Crippen LogP contribution in [0, 0.1) is 5.41 Å². The summed E-state index contributed by atoms with van der Waals surface area (Å²) in [5.41, 5.74) is 0.382. The maximum Gasteiger partial charge on any atom is 0.176 e. The van der Waals surface area contributed by atoms with Gasteiger partial charge in [0, 0.05) is 12.5 Å². The van der Waals surface area contributed by atoms with Crippen molar-refractivity contribution in [1.82, 2.24) is 25.5 Å². The molecule has 0 radical (unpaired) electrons. The van der Waals surface area contributed by atoms with Crippen molar-refractivity contribution in [1.29, 1.82) is 0 Å². The highest BCUT2D eigenvalue weighted by molar-refractivity contribution is 4.95. The normalized spacial score (nSPS) is 20.4. The predicted octanol–water partition coefficient (Wildman–Crippen LogP) is 2.09. The van der Waals surface area contributed by atoms with Gasteiger partial charge in [0.15, 0.2) is 5.82 Å². The second-order valence-corrected chi connectivity index (χ2v) is 6.12. The molecule has 0 bridgehead atoms. The van der Waals surface area contributed by atoms with Crippen LogP contribution in [0.4, 0.5) is 0 Å². The summed E-state index contributed by atoms with van der Waals surface area (Å²) in [6.07, 6.45) is 8.79. The van der Waals surface area contributed by atoms with E-state index in [0.717, 1.165) is 18.8 Å².